The van der Waals surface area contributed by atoms with E-state index in [1.165, 1.54) is 17.2 Å². The molecule has 3 nitrogen and oxygen atoms in total. The van der Waals surface area contributed by atoms with Crippen molar-refractivity contribution in [3.05, 3.63) is 126 Å². The first-order valence-corrected chi connectivity index (χ1v) is 10.8. The first kappa shape index (κ1) is 18.8. The monoisotopic (exact) mass is 420 g/mol. The van der Waals surface area contributed by atoms with Crippen LogP contribution in [0.2, 0.25) is 0 Å². The molecule has 2 aliphatic rings. The third-order valence-electron chi connectivity index (χ3n) is 6.20. The molecule has 0 amide bonds. The van der Waals surface area contributed by atoms with Crippen LogP contribution < -0.4 is 4.74 Å². The molecule has 4 aromatic carbocycles. The van der Waals surface area contributed by atoms with Crippen LogP contribution >= 0.6 is 0 Å². The van der Waals surface area contributed by atoms with Crippen LogP contribution in [0.3, 0.4) is 0 Å². The van der Waals surface area contributed by atoms with Crippen LogP contribution in [0.4, 0.5) is 4.39 Å². The maximum atomic E-state index is 14.7. The van der Waals surface area contributed by atoms with E-state index in [-0.39, 0.29) is 11.9 Å². The minimum Gasteiger partial charge on any atom is -0.464 e. The van der Waals surface area contributed by atoms with Gasteiger partial charge in [-0.15, -0.1) is 0 Å². The fourth-order valence-corrected chi connectivity index (χ4v) is 4.57. The first-order chi connectivity index (χ1) is 15.8. The molecule has 0 spiro atoms. The lowest BCUT2D eigenvalue weighted by Crippen LogP contribution is -2.34. The number of nitrogens with zero attached hydrogens (tertiary/aromatic N) is 2. The second kappa shape index (κ2) is 7.65. The van der Waals surface area contributed by atoms with Crippen molar-refractivity contribution in [2.45, 2.75) is 18.7 Å². The van der Waals surface area contributed by atoms with Crippen LogP contribution in [0.15, 0.2) is 108 Å². The van der Waals surface area contributed by atoms with Gasteiger partial charge in [-0.2, -0.15) is 5.10 Å². The summed E-state index contributed by atoms with van der Waals surface area (Å²) in [5.41, 5.74) is 5.99. The van der Waals surface area contributed by atoms with Gasteiger partial charge in [-0.1, -0.05) is 91.0 Å². The Morgan fingerprint density at radius 1 is 0.688 bits per heavy atom. The molecule has 0 bridgehead atoms. The molecule has 2 atom stereocenters. The van der Waals surface area contributed by atoms with Crippen molar-refractivity contribution >= 4 is 5.71 Å². The van der Waals surface area contributed by atoms with Crippen LogP contribution in [-0.4, -0.2) is 10.7 Å². The first-order valence-electron chi connectivity index (χ1n) is 10.8. The van der Waals surface area contributed by atoms with E-state index in [0.29, 0.717) is 5.56 Å². The van der Waals surface area contributed by atoms with E-state index in [9.17, 15) is 4.39 Å². The lowest BCUT2D eigenvalue weighted by atomic mass is 9.95. The maximum Gasteiger partial charge on any atom is 0.216 e. The van der Waals surface area contributed by atoms with E-state index < -0.39 is 6.23 Å². The smallest absolute Gasteiger partial charge is 0.216 e. The van der Waals surface area contributed by atoms with Crippen molar-refractivity contribution in [1.29, 1.82) is 0 Å². The molecule has 4 heteroatoms. The molecular formula is C28H21FN2O. The molecule has 2 aliphatic heterocycles. The molecule has 2 heterocycles. The van der Waals surface area contributed by atoms with Gasteiger partial charge in [0.1, 0.15) is 11.6 Å². The largest absolute Gasteiger partial charge is 0.464 e. The number of rotatable bonds is 3. The van der Waals surface area contributed by atoms with E-state index in [2.05, 4.69) is 42.5 Å². The van der Waals surface area contributed by atoms with Crippen molar-refractivity contribution in [3.8, 4) is 16.9 Å². The Bertz CT molecular complexity index is 1300. The second-order valence-corrected chi connectivity index (χ2v) is 8.12. The van der Waals surface area contributed by atoms with Gasteiger partial charge in [0, 0.05) is 12.0 Å². The Hall–Kier alpha value is -3.92. The summed E-state index contributed by atoms with van der Waals surface area (Å²) in [5.74, 6) is 0.504. The van der Waals surface area contributed by atoms with E-state index in [0.717, 1.165) is 29.0 Å². The molecule has 6 rings (SSSR count). The Morgan fingerprint density at radius 2 is 1.31 bits per heavy atom. The Labute approximate surface area is 186 Å². The van der Waals surface area contributed by atoms with Gasteiger partial charge in [-0.05, 0) is 28.8 Å². The van der Waals surface area contributed by atoms with Gasteiger partial charge in [-0.3, -0.25) is 0 Å². The standard InChI is InChI=1S/C28H21FN2O/c29-24-12-6-4-10-22(24)28-31-26(23-11-5-7-13-27(23)32-28)18-25(30-31)21-16-14-20(15-17-21)19-8-2-1-3-9-19/h1-17,26,28H,18H2. The molecule has 32 heavy (non-hydrogen) atoms. The molecule has 156 valence electrons. The van der Waals surface area contributed by atoms with Crippen LogP contribution in [0, 0.1) is 5.82 Å². The average Bonchev–Trinajstić information content (AvgIpc) is 3.31. The number of hydrazone groups is 1. The maximum absolute atomic E-state index is 14.7. The normalized spacial score (nSPS) is 19.0. The van der Waals surface area contributed by atoms with E-state index in [4.69, 9.17) is 9.84 Å². The van der Waals surface area contributed by atoms with Gasteiger partial charge in [0.2, 0.25) is 6.23 Å². The third kappa shape index (κ3) is 3.16. The fourth-order valence-electron chi connectivity index (χ4n) is 4.57. The van der Waals surface area contributed by atoms with Crippen LogP contribution in [-0.2, 0) is 0 Å². The van der Waals surface area contributed by atoms with Gasteiger partial charge in [0.05, 0.1) is 17.3 Å². The predicted molar refractivity (Wildman–Crippen MR) is 124 cm³/mol. The fraction of sp³-hybridized carbons (Fsp3) is 0.107. The van der Waals surface area contributed by atoms with Crippen molar-refractivity contribution in [3.63, 3.8) is 0 Å². The van der Waals surface area contributed by atoms with Gasteiger partial charge in [-0.25, -0.2) is 9.40 Å². The van der Waals surface area contributed by atoms with Crippen molar-refractivity contribution in [2.75, 3.05) is 0 Å². The molecule has 0 aliphatic carbocycles. The van der Waals surface area contributed by atoms with E-state index in [1.54, 1.807) is 12.1 Å². The number of hydrogen-bond donors (Lipinski definition) is 0. The van der Waals surface area contributed by atoms with Gasteiger partial charge in [0.15, 0.2) is 0 Å². The molecule has 0 saturated carbocycles. The summed E-state index contributed by atoms with van der Waals surface area (Å²) in [4.78, 5) is 0. The molecule has 0 radical (unpaired) electrons. The van der Waals surface area contributed by atoms with Crippen molar-refractivity contribution in [1.82, 2.24) is 5.01 Å². The highest BCUT2D eigenvalue weighted by Crippen LogP contribution is 2.47. The Balaban J connectivity index is 1.38. The summed E-state index contributed by atoms with van der Waals surface area (Å²) >= 11 is 0. The molecule has 0 N–H and O–H groups in total. The van der Waals surface area contributed by atoms with Crippen molar-refractivity contribution < 1.29 is 9.13 Å². The number of fused-ring (bicyclic) bond motifs is 3. The zero-order valence-corrected chi connectivity index (χ0v) is 17.4. The summed E-state index contributed by atoms with van der Waals surface area (Å²) in [6.45, 7) is 0. The van der Waals surface area contributed by atoms with Crippen LogP contribution in [0.5, 0.6) is 5.75 Å². The van der Waals surface area contributed by atoms with E-state index in [1.807, 2.05) is 47.5 Å². The summed E-state index contributed by atoms with van der Waals surface area (Å²) < 4.78 is 20.9. The highest BCUT2D eigenvalue weighted by Gasteiger charge is 2.41. The summed E-state index contributed by atoms with van der Waals surface area (Å²) in [5, 5.41) is 6.86. The summed E-state index contributed by atoms with van der Waals surface area (Å²) in [6, 6.07) is 33.6. The minimum atomic E-state index is -0.600. The summed E-state index contributed by atoms with van der Waals surface area (Å²) in [7, 11) is 0. The number of ether oxygens (including phenoxy) is 1. The number of halogens is 1. The third-order valence-corrected chi connectivity index (χ3v) is 6.20. The SMILES string of the molecule is Fc1ccccc1C1Oc2ccccc2C2CC(c3ccc(-c4ccccc4)cc3)=NN21. The molecule has 0 aromatic heterocycles. The van der Waals surface area contributed by atoms with Crippen LogP contribution in [0.1, 0.15) is 35.4 Å². The van der Waals surface area contributed by atoms with Gasteiger partial charge in [0.25, 0.3) is 0 Å². The molecular weight excluding hydrogens is 399 g/mol. The molecule has 0 fully saturated rings. The highest BCUT2D eigenvalue weighted by molar-refractivity contribution is 6.02. The summed E-state index contributed by atoms with van der Waals surface area (Å²) in [6.07, 6.45) is 0.146. The Kier molecular flexibility index (Phi) is 4.50. The number of benzene rings is 4. The second-order valence-electron chi connectivity index (χ2n) is 8.12. The average molecular weight is 420 g/mol. The highest BCUT2D eigenvalue weighted by atomic mass is 19.1. The lowest BCUT2D eigenvalue weighted by molar-refractivity contribution is -0.0212. The van der Waals surface area contributed by atoms with Crippen molar-refractivity contribution in [2.24, 2.45) is 5.10 Å². The predicted octanol–water partition coefficient (Wildman–Crippen LogP) is 6.74. The molecule has 4 aromatic rings. The molecule has 0 saturated heterocycles. The minimum absolute atomic E-state index is 0.00774. The van der Waals surface area contributed by atoms with Gasteiger partial charge < -0.3 is 4.74 Å². The number of para-hydroxylation sites is 1. The molecule has 2 unspecified atom stereocenters. The zero-order chi connectivity index (χ0) is 21.5. The van der Waals surface area contributed by atoms with Crippen LogP contribution in [0.25, 0.3) is 11.1 Å². The Morgan fingerprint density at radius 3 is 2.09 bits per heavy atom. The quantitative estimate of drug-likeness (QED) is 0.367. The lowest BCUT2D eigenvalue weighted by Gasteiger charge is -2.38. The van der Waals surface area contributed by atoms with E-state index >= 15 is 0 Å². The zero-order valence-electron chi connectivity index (χ0n) is 17.4. The van der Waals surface area contributed by atoms with Gasteiger partial charge >= 0.3 is 0 Å². The number of hydrogen-bond acceptors (Lipinski definition) is 3. The topological polar surface area (TPSA) is 24.8 Å².